The fraction of sp³-hybridized carbons (Fsp3) is 0.125. The van der Waals surface area contributed by atoms with Crippen LogP contribution in [-0.2, 0) is 0 Å². The summed E-state index contributed by atoms with van der Waals surface area (Å²) in [5.74, 6) is 4.61. The Morgan fingerprint density at radius 1 is 1.09 bits per heavy atom. The maximum absolute atomic E-state index is 12.2. The number of nitrogens with zero attached hydrogens (tertiary/aromatic N) is 1. The number of aryl methyl sites for hydroxylation is 2. The molecule has 0 bridgehead atoms. The Bertz CT molecular complexity index is 1020. The minimum atomic E-state index is -0.522. The molecule has 110 valence electrons. The summed E-state index contributed by atoms with van der Waals surface area (Å²) in [6.45, 7) is 3.48. The molecular weight excluding hydrogens is 284 g/mol. The highest BCUT2D eigenvalue weighted by atomic mass is 16.3. The minimum Gasteiger partial charge on any atom is -0.508 e. The molecule has 3 aromatic rings. The van der Waals surface area contributed by atoms with E-state index in [1.54, 1.807) is 26.0 Å². The Balaban J connectivity index is 2.27. The molecule has 0 atom stereocenters. The van der Waals surface area contributed by atoms with Crippen molar-refractivity contribution in [1.29, 1.82) is 0 Å². The molecule has 1 aliphatic heterocycles. The normalized spacial score (nSPS) is 14.4. The summed E-state index contributed by atoms with van der Waals surface area (Å²) in [4.78, 5) is 24.4. The van der Waals surface area contributed by atoms with Gasteiger partial charge in [-0.2, -0.15) is 0 Å². The number of fused-ring (bicyclic) bond motifs is 4. The van der Waals surface area contributed by atoms with E-state index in [0.717, 1.165) is 5.39 Å². The maximum atomic E-state index is 12.2. The number of hydrazine groups is 1. The third-order valence-electron chi connectivity index (χ3n) is 4.25. The van der Waals surface area contributed by atoms with E-state index >= 15 is 0 Å². The summed E-state index contributed by atoms with van der Waals surface area (Å²) in [6.07, 6.45) is 0. The van der Waals surface area contributed by atoms with Gasteiger partial charge in [-0.05, 0) is 37.6 Å². The van der Waals surface area contributed by atoms with Crippen molar-refractivity contribution < 1.29 is 19.1 Å². The average Bonchev–Trinajstić information content (AvgIpc) is 2.96. The number of hydrogen-bond acceptors (Lipinski definition) is 5. The Labute approximate surface area is 124 Å². The number of carbonyl (C=O) groups excluding carboxylic acids is 2. The van der Waals surface area contributed by atoms with Gasteiger partial charge in [0.05, 0.1) is 11.1 Å². The maximum Gasteiger partial charge on any atom is 0.276 e. The molecule has 0 saturated carbocycles. The summed E-state index contributed by atoms with van der Waals surface area (Å²) in [6, 6.07) is 4.77. The molecule has 0 unspecified atom stereocenters. The Kier molecular flexibility index (Phi) is 2.26. The van der Waals surface area contributed by atoms with Crippen LogP contribution in [0.4, 0.5) is 0 Å². The molecular formula is C16H12N2O4. The summed E-state index contributed by atoms with van der Waals surface area (Å²) >= 11 is 0. The number of furan rings is 1. The second kappa shape index (κ2) is 3.86. The van der Waals surface area contributed by atoms with Crippen LogP contribution >= 0.6 is 0 Å². The van der Waals surface area contributed by atoms with Crippen molar-refractivity contribution in [3.63, 3.8) is 0 Å². The van der Waals surface area contributed by atoms with E-state index in [2.05, 4.69) is 0 Å². The minimum absolute atomic E-state index is 0.107. The first-order valence-corrected chi connectivity index (χ1v) is 6.73. The molecule has 2 amide bonds. The smallest absolute Gasteiger partial charge is 0.276 e. The third kappa shape index (κ3) is 1.32. The number of nitrogens with two attached hydrogens (primary N) is 1. The van der Waals surface area contributed by atoms with Gasteiger partial charge < -0.3 is 9.52 Å². The molecule has 0 aliphatic carbocycles. The number of hydrogen-bond donors (Lipinski definition) is 2. The van der Waals surface area contributed by atoms with Crippen molar-refractivity contribution >= 4 is 33.8 Å². The molecule has 22 heavy (non-hydrogen) atoms. The van der Waals surface area contributed by atoms with Gasteiger partial charge in [0.1, 0.15) is 16.9 Å². The largest absolute Gasteiger partial charge is 0.508 e. The molecule has 4 rings (SSSR count). The van der Waals surface area contributed by atoms with Crippen LogP contribution in [-0.4, -0.2) is 21.9 Å². The van der Waals surface area contributed by atoms with Gasteiger partial charge in [0.25, 0.3) is 11.8 Å². The summed E-state index contributed by atoms with van der Waals surface area (Å²) in [5, 5.41) is 11.8. The second-order valence-corrected chi connectivity index (χ2v) is 5.47. The van der Waals surface area contributed by atoms with Crippen LogP contribution in [0, 0.1) is 13.8 Å². The number of phenolic OH excluding ortho intramolecular Hbond substituents is 1. The van der Waals surface area contributed by atoms with Gasteiger partial charge >= 0.3 is 0 Å². The number of carbonyl (C=O) groups is 2. The van der Waals surface area contributed by atoms with E-state index in [-0.39, 0.29) is 5.75 Å². The Morgan fingerprint density at radius 2 is 1.73 bits per heavy atom. The average molecular weight is 296 g/mol. The molecule has 1 aromatic heterocycles. The number of imide groups is 1. The molecule has 2 heterocycles. The van der Waals surface area contributed by atoms with Gasteiger partial charge in [-0.3, -0.25) is 9.59 Å². The molecule has 6 nitrogen and oxygen atoms in total. The first-order chi connectivity index (χ1) is 10.4. The highest BCUT2D eigenvalue weighted by Gasteiger charge is 2.38. The van der Waals surface area contributed by atoms with Gasteiger partial charge in [-0.15, -0.1) is 0 Å². The van der Waals surface area contributed by atoms with Crippen molar-refractivity contribution in [2.24, 2.45) is 5.84 Å². The topological polar surface area (TPSA) is 96.8 Å². The molecule has 0 fully saturated rings. The zero-order valence-corrected chi connectivity index (χ0v) is 11.9. The van der Waals surface area contributed by atoms with Gasteiger partial charge in [-0.1, -0.05) is 0 Å². The predicted octanol–water partition coefficient (Wildman–Crippen LogP) is 2.38. The first-order valence-electron chi connectivity index (χ1n) is 6.73. The molecule has 0 radical (unpaired) electrons. The van der Waals surface area contributed by atoms with Crippen molar-refractivity contribution in [2.45, 2.75) is 13.8 Å². The number of amides is 2. The van der Waals surface area contributed by atoms with Crippen LogP contribution in [0.1, 0.15) is 31.8 Å². The lowest BCUT2D eigenvalue weighted by molar-refractivity contribution is 0.0653. The predicted molar refractivity (Wildman–Crippen MR) is 79.5 cm³/mol. The van der Waals surface area contributed by atoms with Crippen LogP contribution in [0.2, 0.25) is 0 Å². The van der Waals surface area contributed by atoms with Crippen LogP contribution in [0.25, 0.3) is 21.9 Å². The van der Waals surface area contributed by atoms with Crippen molar-refractivity contribution in [3.8, 4) is 5.75 Å². The van der Waals surface area contributed by atoms with E-state index in [1.807, 2.05) is 0 Å². The molecule has 6 heteroatoms. The standard InChI is InChI=1S/C16H12N2O4/c1-6-11-9-5-8(19)3-4-10(9)22-14(11)7(2)13-12(6)15(20)18(17)16(13)21/h3-5,19H,17H2,1-2H3. The molecule has 0 spiro atoms. The van der Waals surface area contributed by atoms with E-state index in [1.165, 1.54) is 6.07 Å². The van der Waals surface area contributed by atoms with Crippen molar-refractivity contribution in [1.82, 2.24) is 5.01 Å². The monoisotopic (exact) mass is 296 g/mol. The summed E-state index contributed by atoms with van der Waals surface area (Å²) < 4.78 is 5.83. The lowest BCUT2D eigenvalue weighted by atomic mass is 9.94. The zero-order chi connectivity index (χ0) is 15.8. The SMILES string of the molecule is Cc1c2c(c(C)c3c1oc1ccc(O)cc13)C(=O)N(N)C2=O. The fourth-order valence-corrected chi connectivity index (χ4v) is 3.20. The number of phenols is 1. The van der Waals surface area contributed by atoms with Gasteiger partial charge in [0, 0.05) is 16.3 Å². The van der Waals surface area contributed by atoms with Crippen molar-refractivity contribution in [3.05, 3.63) is 40.5 Å². The number of aromatic hydroxyl groups is 1. The van der Waals surface area contributed by atoms with Crippen molar-refractivity contribution in [2.75, 3.05) is 0 Å². The van der Waals surface area contributed by atoms with Gasteiger partial charge in [-0.25, -0.2) is 10.9 Å². The molecule has 2 aromatic carbocycles. The molecule has 3 N–H and O–H groups in total. The number of rotatable bonds is 0. The van der Waals surface area contributed by atoms with Gasteiger partial charge in [0.15, 0.2) is 0 Å². The Hall–Kier alpha value is -2.86. The third-order valence-corrected chi connectivity index (χ3v) is 4.25. The van der Waals surface area contributed by atoms with Gasteiger partial charge in [0.2, 0.25) is 0 Å². The quantitative estimate of drug-likeness (QED) is 0.377. The summed E-state index contributed by atoms with van der Waals surface area (Å²) in [5.41, 5.74) is 2.94. The molecule has 1 aliphatic rings. The van der Waals surface area contributed by atoms with Crippen LogP contribution in [0.5, 0.6) is 5.75 Å². The fourth-order valence-electron chi connectivity index (χ4n) is 3.20. The van der Waals surface area contributed by atoms with E-state index < -0.39 is 11.8 Å². The zero-order valence-electron chi connectivity index (χ0n) is 11.9. The number of benzene rings is 2. The van der Waals surface area contributed by atoms with Crippen LogP contribution < -0.4 is 5.84 Å². The first kappa shape index (κ1) is 12.8. The van der Waals surface area contributed by atoms with Crippen LogP contribution in [0.15, 0.2) is 22.6 Å². The van der Waals surface area contributed by atoms with E-state index in [4.69, 9.17) is 10.3 Å². The lowest BCUT2D eigenvalue weighted by Crippen LogP contribution is -2.36. The van der Waals surface area contributed by atoms with Crippen LogP contribution in [0.3, 0.4) is 0 Å². The highest BCUT2D eigenvalue weighted by molar-refractivity contribution is 6.26. The lowest BCUT2D eigenvalue weighted by Gasteiger charge is -2.06. The Morgan fingerprint density at radius 3 is 2.41 bits per heavy atom. The summed E-state index contributed by atoms with van der Waals surface area (Å²) in [7, 11) is 0. The molecule has 0 saturated heterocycles. The second-order valence-electron chi connectivity index (χ2n) is 5.47. The van der Waals surface area contributed by atoms with E-state index in [9.17, 15) is 14.7 Å². The van der Waals surface area contributed by atoms with E-state index in [0.29, 0.717) is 43.8 Å². The highest BCUT2D eigenvalue weighted by Crippen LogP contribution is 2.40.